The van der Waals surface area contributed by atoms with Gasteiger partial charge in [0.15, 0.2) is 5.82 Å². The molecular formula is C17H22N4O. The molecular weight excluding hydrogens is 276 g/mol. The topological polar surface area (TPSA) is 50.3 Å². The molecule has 0 bridgehead atoms. The highest BCUT2D eigenvalue weighted by Crippen LogP contribution is 2.18. The van der Waals surface area contributed by atoms with E-state index in [0.29, 0.717) is 0 Å². The van der Waals surface area contributed by atoms with Crippen LogP contribution in [0, 0.1) is 6.92 Å². The van der Waals surface area contributed by atoms with Gasteiger partial charge in [0.05, 0.1) is 13.2 Å². The molecule has 1 aliphatic heterocycles. The molecule has 0 spiro atoms. The molecule has 0 unspecified atom stereocenters. The van der Waals surface area contributed by atoms with Crippen LogP contribution in [0.15, 0.2) is 36.5 Å². The van der Waals surface area contributed by atoms with Gasteiger partial charge in [-0.3, -0.25) is 4.90 Å². The van der Waals surface area contributed by atoms with Crippen molar-refractivity contribution < 1.29 is 4.74 Å². The molecule has 0 saturated carbocycles. The summed E-state index contributed by atoms with van der Waals surface area (Å²) in [5.74, 6) is 1.68. The molecule has 0 aliphatic carbocycles. The van der Waals surface area contributed by atoms with Gasteiger partial charge in [0.1, 0.15) is 5.82 Å². The molecule has 116 valence electrons. The summed E-state index contributed by atoms with van der Waals surface area (Å²) in [5, 5.41) is 3.44. The van der Waals surface area contributed by atoms with Gasteiger partial charge < -0.3 is 10.1 Å². The Hall–Kier alpha value is -1.98. The fourth-order valence-corrected chi connectivity index (χ4v) is 2.50. The van der Waals surface area contributed by atoms with Gasteiger partial charge in [0.2, 0.25) is 0 Å². The van der Waals surface area contributed by atoms with Gasteiger partial charge in [-0.25, -0.2) is 9.97 Å². The number of rotatable bonds is 5. The molecule has 2 aromatic rings. The number of aryl methyl sites for hydroxylation is 1. The minimum Gasteiger partial charge on any atom is -0.379 e. The molecule has 2 heterocycles. The lowest BCUT2D eigenvalue weighted by molar-refractivity contribution is 0.0398. The first-order valence-electron chi connectivity index (χ1n) is 7.76. The highest BCUT2D eigenvalue weighted by Gasteiger charge is 2.10. The summed E-state index contributed by atoms with van der Waals surface area (Å²) in [6.07, 6.45) is 1.88. The van der Waals surface area contributed by atoms with Crippen molar-refractivity contribution >= 4 is 5.82 Å². The molecule has 1 aliphatic rings. The monoisotopic (exact) mass is 298 g/mol. The summed E-state index contributed by atoms with van der Waals surface area (Å²) in [4.78, 5) is 11.5. The van der Waals surface area contributed by atoms with Crippen LogP contribution >= 0.6 is 0 Å². The SMILES string of the molecule is Cc1cnc(-c2ccccc2)nc1NCCN1CCOCC1. The molecule has 1 N–H and O–H groups in total. The summed E-state index contributed by atoms with van der Waals surface area (Å²) in [7, 11) is 0. The van der Waals surface area contributed by atoms with E-state index in [1.807, 2.05) is 43.5 Å². The van der Waals surface area contributed by atoms with Crippen LogP contribution in [0.5, 0.6) is 0 Å². The van der Waals surface area contributed by atoms with Gasteiger partial charge in [-0.05, 0) is 6.92 Å². The zero-order valence-electron chi connectivity index (χ0n) is 13.0. The van der Waals surface area contributed by atoms with Crippen LogP contribution in [0.25, 0.3) is 11.4 Å². The number of anilines is 1. The molecule has 5 nitrogen and oxygen atoms in total. The predicted molar refractivity (Wildman–Crippen MR) is 88.0 cm³/mol. The first-order chi connectivity index (χ1) is 10.8. The Bertz CT molecular complexity index is 597. The summed E-state index contributed by atoms with van der Waals surface area (Å²) in [6.45, 7) is 7.63. The third-order valence-electron chi connectivity index (χ3n) is 3.83. The lowest BCUT2D eigenvalue weighted by atomic mass is 10.2. The number of hydrogen-bond donors (Lipinski definition) is 1. The molecule has 1 saturated heterocycles. The number of aromatic nitrogens is 2. The number of hydrogen-bond acceptors (Lipinski definition) is 5. The van der Waals surface area contributed by atoms with Crippen LogP contribution < -0.4 is 5.32 Å². The number of nitrogens with one attached hydrogen (secondary N) is 1. The first kappa shape index (κ1) is 14.9. The van der Waals surface area contributed by atoms with Gasteiger partial charge in [0.25, 0.3) is 0 Å². The van der Waals surface area contributed by atoms with E-state index in [0.717, 1.165) is 62.2 Å². The third-order valence-corrected chi connectivity index (χ3v) is 3.83. The van der Waals surface area contributed by atoms with E-state index in [1.165, 1.54) is 0 Å². The van der Waals surface area contributed by atoms with Crippen LogP contribution in [0.3, 0.4) is 0 Å². The van der Waals surface area contributed by atoms with Gasteiger partial charge in [-0.15, -0.1) is 0 Å². The summed E-state index contributed by atoms with van der Waals surface area (Å²) < 4.78 is 5.37. The molecule has 22 heavy (non-hydrogen) atoms. The van der Waals surface area contributed by atoms with Crippen molar-refractivity contribution in [1.29, 1.82) is 0 Å². The van der Waals surface area contributed by atoms with E-state index >= 15 is 0 Å². The maximum Gasteiger partial charge on any atom is 0.161 e. The smallest absolute Gasteiger partial charge is 0.161 e. The lowest BCUT2D eigenvalue weighted by Gasteiger charge is -2.26. The average molecular weight is 298 g/mol. The molecule has 1 fully saturated rings. The van der Waals surface area contributed by atoms with Gasteiger partial charge in [-0.1, -0.05) is 30.3 Å². The van der Waals surface area contributed by atoms with Crippen LogP contribution in [0.2, 0.25) is 0 Å². The number of ether oxygens (including phenoxy) is 1. The fourth-order valence-electron chi connectivity index (χ4n) is 2.50. The van der Waals surface area contributed by atoms with E-state index in [1.54, 1.807) is 0 Å². The van der Waals surface area contributed by atoms with E-state index < -0.39 is 0 Å². The van der Waals surface area contributed by atoms with Gasteiger partial charge >= 0.3 is 0 Å². The van der Waals surface area contributed by atoms with E-state index in [9.17, 15) is 0 Å². The van der Waals surface area contributed by atoms with Crippen molar-refractivity contribution in [1.82, 2.24) is 14.9 Å². The minimum atomic E-state index is 0.764. The standard InChI is InChI=1S/C17H22N4O/c1-14-13-19-17(15-5-3-2-4-6-15)20-16(14)18-7-8-21-9-11-22-12-10-21/h2-6,13H,7-12H2,1H3,(H,18,19,20). The summed E-state index contributed by atoms with van der Waals surface area (Å²) in [6, 6.07) is 10.1. The molecule has 1 aromatic heterocycles. The maximum atomic E-state index is 5.37. The van der Waals surface area contributed by atoms with E-state index in [2.05, 4.69) is 20.2 Å². The third kappa shape index (κ3) is 3.81. The Balaban J connectivity index is 1.63. The predicted octanol–water partition coefficient (Wildman–Crippen LogP) is 2.20. The first-order valence-corrected chi connectivity index (χ1v) is 7.76. The summed E-state index contributed by atoms with van der Waals surface area (Å²) in [5.41, 5.74) is 2.11. The van der Waals surface area contributed by atoms with Gasteiger partial charge in [0, 0.05) is 43.5 Å². The van der Waals surface area contributed by atoms with Crippen LogP contribution in [0.1, 0.15) is 5.56 Å². The second-order valence-electron chi connectivity index (χ2n) is 5.47. The van der Waals surface area contributed by atoms with Crippen molar-refractivity contribution in [3.8, 4) is 11.4 Å². The second kappa shape index (κ2) is 7.33. The van der Waals surface area contributed by atoms with E-state index in [-0.39, 0.29) is 0 Å². The average Bonchev–Trinajstić information content (AvgIpc) is 2.58. The van der Waals surface area contributed by atoms with Crippen molar-refractivity contribution in [3.05, 3.63) is 42.1 Å². The minimum absolute atomic E-state index is 0.764. The van der Waals surface area contributed by atoms with Crippen LogP contribution in [-0.2, 0) is 4.74 Å². The Morgan fingerprint density at radius 3 is 2.73 bits per heavy atom. The number of morpholine rings is 1. The van der Waals surface area contributed by atoms with Crippen molar-refractivity contribution in [2.24, 2.45) is 0 Å². The Morgan fingerprint density at radius 1 is 1.18 bits per heavy atom. The van der Waals surface area contributed by atoms with Crippen molar-refractivity contribution in [2.75, 3.05) is 44.7 Å². The fraction of sp³-hybridized carbons (Fsp3) is 0.412. The van der Waals surface area contributed by atoms with Crippen LogP contribution in [-0.4, -0.2) is 54.3 Å². The van der Waals surface area contributed by atoms with E-state index in [4.69, 9.17) is 4.74 Å². The largest absolute Gasteiger partial charge is 0.379 e. The van der Waals surface area contributed by atoms with Crippen LogP contribution in [0.4, 0.5) is 5.82 Å². The Kier molecular flexibility index (Phi) is 4.98. The summed E-state index contributed by atoms with van der Waals surface area (Å²) >= 11 is 0. The van der Waals surface area contributed by atoms with Gasteiger partial charge in [-0.2, -0.15) is 0 Å². The second-order valence-corrected chi connectivity index (χ2v) is 5.47. The van der Waals surface area contributed by atoms with Crippen molar-refractivity contribution in [3.63, 3.8) is 0 Å². The molecule has 5 heteroatoms. The molecule has 0 radical (unpaired) electrons. The zero-order chi connectivity index (χ0) is 15.2. The zero-order valence-corrected chi connectivity index (χ0v) is 13.0. The highest BCUT2D eigenvalue weighted by atomic mass is 16.5. The normalized spacial score (nSPS) is 15.7. The quantitative estimate of drug-likeness (QED) is 0.917. The highest BCUT2D eigenvalue weighted by molar-refractivity contribution is 5.58. The Morgan fingerprint density at radius 2 is 1.95 bits per heavy atom. The maximum absolute atomic E-state index is 5.37. The molecule has 0 amide bonds. The lowest BCUT2D eigenvalue weighted by Crippen LogP contribution is -2.39. The molecule has 1 aromatic carbocycles. The molecule has 3 rings (SSSR count). The molecule has 0 atom stereocenters. The Labute approximate surface area is 131 Å². The number of benzene rings is 1. The van der Waals surface area contributed by atoms with Crippen molar-refractivity contribution in [2.45, 2.75) is 6.92 Å². The number of nitrogens with zero attached hydrogens (tertiary/aromatic N) is 3.